The Hall–Kier alpha value is -2.41. The molecule has 31 heavy (non-hydrogen) atoms. The molecule has 0 amide bonds. The monoisotopic (exact) mass is 427 g/mol. The second-order valence-electron chi connectivity index (χ2n) is 8.62. The maximum atomic E-state index is 13.1. The summed E-state index contributed by atoms with van der Waals surface area (Å²) in [6.45, 7) is 3.68. The predicted octanol–water partition coefficient (Wildman–Crippen LogP) is 3.80. The van der Waals surface area contributed by atoms with Crippen LogP contribution in [0.1, 0.15) is 44.2 Å². The molecule has 0 bridgehead atoms. The fourth-order valence-corrected chi connectivity index (χ4v) is 4.55. The zero-order valence-electron chi connectivity index (χ0n) is 18.5. The number of nitrogens with zero attached hydrogens (tertiary/aromatic N) is 4. The number of ether oxygens (including phenoxy) is 1. The fraction of sp³-hybridized carbons (Fsp3) is 0.583. The lowest BCUT2D eigenvalue weighted by Gasteiger charge is -2.34. The average molecular weight is 428 g/mol. The van der Waals surface area contributed by atoms with E-state index in [4.69, 9.17) is 4.74 Å². The maximum absolute atomic E-state index is 13.1. The number of guanidine groups is 1. The van der Waals surface area contributed by atoms with E-state index in [1.54, 1.807) is 16.8 Å². The largest absolute Gasteiger partial charge is 0.378 e. The summed E-state index contributed by atoms with van der Waals surface area (Å²) in [7, 11) is 1.84. The molecule has 4 rings (SSSR count). The van der Waals surface area contributed by atoms with Crippen LogP contribution in [0.25, 0.3) is 5.69 Å². The number of aromatic nitrogens is 2. The summed E-state index contributed by atoms with van der Waals surface area (Å²) < 4.78 is 21.1. The molecule has 1 N–H and O–H groups in total. The molecule has 0 spiro atoms. The van der Waals surface area contributed by atoms with E-state index in [-0.39, 0.29) is 5.82 Å². The van der Waals surface area contributed by atoms with Gasteiger partial charge in [0.15, 0.2) is 5.96 Å². The molecule has 0 radical (unpaired) electrons. The van der Waals surface area contributed by atoms with Crippen LogP contribution in [0, 0.1) is 11.7 Å². The van der Waals surface area contributed by atoms with Crippen molar-refractivity contribution >= 4 is 5.96 Å². The molecule has 1 saturated carbocycles. The first kappa shape index (κ1) is 21.8. The minimum Gasteiger partial charge on any atom is -0.378 e. The van der Waals surface area contributed by atoms with Gasteiger partial charge in [-0.25, -0.2) is 9.07 Å². The Kier molecular flexibility index (Phi) is 7.57. The third-order valence-electron chi connectivity index (χ3n) is 6.40. The van der Waals surface area contributed by atoms with E-state index in [2.05, 4.69) is 20.3 Å². The van der Waals surface area contributed by atoms with Crippen LogP contribution in [0.15, 0.2) is 41.5 Å². The molecule has 2 fully saturated rings. The number of nitrogens with one attached hydrogen (secondary N) is 1. The first-order chi connectivity index (χ1) is 15.2. The molecular weight excluding hydrogens is 393 g/mol. The SMILES string of the molecule is CN=C(NCCc1ccn(-c2ccc(F)cc2)n1)N1CCC(OCC2CCCC2)CC1. The van der Waals surface area contributed by atoms with Gasteiger partial charge in [0.25, 0.3) is 0 Å². The molecule has 1 aromatic heterocycles. The zero-order valence-corrected chi connectivity index (χ0v) is 18.5. The summed E-state index contributed by atoms with van der Waals surface area (Å²) in [5, 5.41) is 8.06. The van der Waals surface area contributed by atoms with Gasteiger partial charge in [-0.2, -0.15) is 5.10 Å². The van der Waals surface area contributed by atoms with Crippen LogP contribution in [0.2, 0.25) is 0 Å². The van der Waals surface area contributed by atoms with Crippen molar-refractivity contribution in [3.8, 4) is 5.69 Å². The lowest BCUT2D eigenvalue weighted by atomic mass is 10.1. The number of aliphatic imine (C=N–C) groups is 1. The van der Waals surface area contributed by atoms with Crippen molar-refractivity contribution in [2.75, 3.05) is 33.3 Å². The number of piperidine rings is 1. The molecule has 0 atom stereocenters. The van der Waals surface area contributed by atoms with Gasteiger partial charge in [-0.15, -0.1) is 0 Å². The topological polar surface area (TPSA) is 54.7 Å². The second kappa shape index (κ2) is 10.8. The van der Waals surface area contributed by atoms with Crippen LogP contribution < -0.4 is 5.32 Å². The van der Waals surface area contributed by atoms with E-state index in [9.17, 15) is 4.39 Å². The third-order valence-corrected chi connectivity index (χ3v) is 6.40. The minimum atomic E-state index is -0.240. The van der Waals surface area contributed by atoms with Gasteiger partial charge in [0.1, 0.15) is 5.82 Å². The Morgan fingerprint density at radius 3 is 2.58 bits per heavy atom. The fourth-order valence-electron chi connectivity index (χ4n) is 4.55. The zero-order chi connectivity index (χ0) is 21.5. The van der Waals surface area contributed by atoms with Crippen LogP contribution in [-0.4, -0.2) is 60.0 Å². The molecule has 168 valence electrons. The van der Waals surface area contributed by atoms with Crippen molar-refractivity contribution in [2.45, 2.75) is 51.0 Å². The molecule has 2 aromatic rings. The van der Waals surface area contributed by atoms with Gasteiger partial charge in [-0.1, -0.05) is 12.8 Å². The van der Waals surface area contributed by atoms with E-state index in [1.165, 1.54) is 37.8 Å². The molecule has 1 aliphatic carbocycles. The molecule has 0 unspecified atom stereocenters. The van der Waals surface area contributed by atoms with Gasteiger partial charge in [0.2, 0.25) is 0 Å². The van der Waals surface area contributed by atoms with Crippen molar-refractivity contribution in [3.63, 3.8) is 0 Å². The summed E-state index contributed by atoms with van der Waals surface area (Å²) in [6, 6.07) is 8.36. The Morgan fingerprint density at radius 2 is 1.87 bits per heavy atom. The molecule has 6 nitrogen and oxygen atoms in total. The van der Waals surface area contributed by atoms with E-state index in [1.807, 2.05) is 19.3 Å². The molecule has 7 heteroatoms. The minimum absolute atomic E-state index is 0.240. The van der Waals surface area contributed by atoms with Crippen LogP contribution in [-0.2, 0) is 11.2 Å². The van der Waals surface area contributed by atoms with Crippen molar-refractivity contribution in [2.24, 2.45) is 10.9 Å². The van der Waals surface area contributed by atoms with Crippen molar-refractivity contribution in [3.05, 3.63) is 48.0 Å². The Bertz CT molecular complexity index is 836. The first-order valence-corrected chi connectivity index (χ1v) is 11.6. The second-order valence-corrected chi connectivity index (χ2v) is 8.62. The number of rotatable bonds is 7. The Morgan fingerprint density at radius 1 is 1.13 bits per heavy atom. The van der Waals surface area contributed by atoms with Crippen molar-refractivity contribution < 1.29 is 9.13 Å². The highest BCUT2D eigenvalue weighted by Gasteiger charge is 2.23. The van der Waals surface area contributed by atoms with Gasteiger partial charge in [-0.3, -0.25) is 4.99 Å². The standard InChI is InChI=1S/C24H34FN5O/c1-26-24(29-15-12-23(13-16-29)31-18-19-4-2-3-5-19)27-14-10-21-11-17-30(28-21)22-8-6-20(25)7-9-22/h6-9,11,17,19,23H,2-5,10,12-16,18H2,1H3,(H,26,27). The first-order valence-electron chi connectivity index (χ1n) is 11.6. The summed E-state index contributed by atoms with van der Waals surface area (Å²) in [5.41, 5.74) is 1.85. The molecule has 1 aliphatic heterocycles. The van der Waals surface area contributed by atoms with E-state index < -0.39 is 0 Å². The number of hydrogen-bond donors (Lipinski definition) is 1. The van der Waals surface area contributed by atoms with E-state index in [0.29, 0.717) is 6.10 Å². The average Bonchev–Trinajstić information content (AvgIpc) is 3.49. The predicted molar refractivity (Wildman–Crippen MR) is 121 cm³/mol. The van der Waals surface area contributed by atoms with Crippen molar-refractivity contribution in [1.29, 1.82) is 0 Å². The van der Waals surface area contributed by atoms with Crippen molar-refractivity contribution in [1.82, 2.24) is 20.0 Å². The van der Waals surface area contributed by atoms with Gasteiger partial charge in [-0.05, 0) is 61.9 Å². The normalized spacial score (nSPS) is 18.6. The Labute approximate surface area is 184 Å². The quantitative estimate of drug-likeness (QED) is 0.539. The Balaban J connectivity index is 1.18. The lowest BCUT2D eigenvalue weighted by molar-refractivity contribution is 0.00103. The maximum Gasteiger partial charge on any atom is 0.193 e. The summed E-state index contributed by atoms with van der Waals surface area (Å²) in [6.07, 6.45) is 10.7. The third kappa shape index (κ3) is 6.06. The van der Waals surface area contributed by atoms with Gasteiger partial charge in [0, 0.05) is 45.9 Å². The smallest absolute Gasteiger partial charge is 0.193 e. The highest BCUT2D eigenvalue weighted by atomic mass is 19.1. The molecule has 2 aliphatic rings. The van der Waals surface area contributed by atoms with Crippen LogP contribution in [0.5, 0.6) is 0 Å². The highest BCUT2D eigenvalue weighted by Crippen LogP contribution is 2.26. The number of hydrogen-bond acceptors (Lipinski definition) is 3. The lowest BCUT2D eigenvalue weighted by Crippen LogP contribution is -2.47. The number of halogens is 1. The molecule has 2 heterocycles. The molecule has 1 aromatic carbocycles. The van der Waals surface area contributed by atoms with Gasteiger partial charge < -0.3 is 15.0 Å². The van der Waals surface area contributed by atoms with Crippen LogP contribution >= 0.6 is 0 Å². The van der Waals surface area contributed by atoms with E-state index >= 15 is 0 Å². The van der Waals surface area contributed by atoms with Gasteiger partial charge in [0.05, 0.1) is 17.5 Å². The summed E-state index contributed by atoms with van der Waals surface area (Å²) in [4.78, 5) is 6.79. The summed E-state index contributed by atoms with van der Waals surface area (Å²) in [5.74, 6) is 1.50. The van der Waals surface area contributed by atoms with Crippen LogP contribution in [0.4, 0.5) is 4.39 Å². The molecular formula is C24H34FN5O. The van der Waals surface area contributed by atoms with Crippen LogP contribution in [0.3, 0.4) is 0 Å². The van der Waals surface area contributed by atoms with Gasteiger partial charge >= 0.3 is 0 Å². The summed E-state index contributed by atoms with van der Waals surface area (Å²) >= 11 is 0. The van der Waals surface area contributed by atoms with E-state index in [0.717, 1.165) is 68.8 Å². The highest BCUT2D eigenvalue weighted by molar-refractivity contribution is 5.79. The molecule has 1 saturated heterocycles. The number of benzene rings is 1. The number of likely N-dealkylation sites (tertiary alicyclic amines) is 1.